The van der Waals surface area contributed by atoms with Gasteiger partial charge in [-0.05, 0) is 24.1 Å². The van der Waals surface area contributed by atoms with Gasteiger partial charge in [0, 0.05) is 11.4 Å². The summed E-state index contributed by atoms with van der Waals surface area (Å²) in [7, 11) is 1.61. The van der Waals surface area contributed by atoms with Crippen LogP contribution in [-0.2, 0) is 11.2 Å². The fourth-order valence-corrected chi connectivity index (χ4v) is 4.02. The zero-order valence-corrected chi connectivity index (χ0v) is 15.6. The lowest BCUT2D eigenvalue weighted by Crippen LogP contribution is -2.14. The molecular formula is C17H15N3O4S2. The highest BCUT2D eigenvalue weighted by Crippen LogP contribution is 2.32. The molecule has 0 saturated carbocycles. The van der Waals surface area contributed by atoms with Crippen molar-refractivity contribution in [2.24, 2.45) is 0 Å². The third-order valence-electron chi connectivity index (χ3n) is 3.62. The summed E-state index contributed by atoms with van der Waals surface area (Å²) in [5.41, 5.74) is 2.50. The minimum atomic E-state index is -0.439. The Hall–Kier alpha value is -2.78. The van der Waals surface area contributed by atoms with Crippen molar-refractivity contribution >= 4 is 39.4 Å². The smallest absolute Gasteiger partial charge is 0.280 e. The number of nitrogens with zero attached hydrogens (tertiary/aromatic N) is 2. The zero-order valence-electron chi connectivity index (χ0n) is 14.0. The Balaban J connectivity index is 1.65. The van der Waals surface area contributed by atoms with Crippen molar-refractivity contribution in [2.45, 2.75) is 13.3 Å². The van der Waals surface area contributed by atoms with E-state index < -0.39 is 4.92 Å². The third kappa shape index (κ3) is 4.06. The lowest BCUT2D eigenvalue weighted by molar-refractivity contribution is -0.384. The second-order valence-electron chi connectivity index (χ2n) is 5.49. The van der Waals surface area contributed by atoms with Crippen molar-refractivity contribution in [3.8, 4) is 16.3 Å². The SMILES string of the molecule is COc1ccc(CC(=O)Nc2nc(-c3cc([N+](=O)[O-])cs3)cs2)cc1C. The molecule has 0 unspecified atom stereocenters. The van der Waals surface area contributed by atoms with E-state index in [1.807, 2.05) is 25.1 Å². The first-order valence-electron chi connectivity index (χ1n) is 7.58. The number of hydrogen-bond donors (Lipinski definition) is 1. The van der Waals surface area contributed by atoms with Crippen LogP contribution in [0.1, 0.15) is 11.1 Å². The van der Waals surface area contributed by atoms with E-state index >= 15 is 0 Å². The summed E-state index contributed by atoms with van der Waals surface area (Å²) in [5.74, 6) is 0.608. The van der Waals surface area contributed by atoms with Crippen molar-refractivity contribution in [1.29, 1.82) is 0 Å². The molecule has 0 radical (unpaired) electrons. The quantitative estimate of drug-likeness (QED) is 0.502. The van der Waals surface area contributed by atoms with Crippen molar-refractivity contribution in [2.75, 3.05) is 12.4 Å². The first-order valence-corrected chi connectivity index (χ1v) is 9.34. The lowest BCUT2D eigenvalue weighted by atomic mass is 10.1. The van der Waals surface area contributed by atoms with E-state index in [2.05, 4.69) is 10.3 Å². The molecule has 3 aromatic rings. The number of anilines is 1. The maximum absolute atomic E-state index is 12.2. The van der Waals surface area contributed by atoms with Gasteiger partial charge in [0.2, 0.25) is 5.91 Å². The molecule has 1 N–H and O–H groups in total. The second-order valence-corrected chi connectivity index (χ2v) is 7.26. The Kier molecular flexibility index (Phi) is 5.29. The minimum absolute atomic E-state index is 0.0402. The molecule has 1 amide bonds. The molecule has 1 aromatic carbocycles. The van der Waals surface area contributed by atoms with Crippen molar-refractivity contribution < 1.29 is 14.5 Å². The molecule has 134 valence electrons. The first kappa shape index (κ1) is 18.0. The predicted molar refractivity (Wildman–Crippen MR) is 102 cm³/mol. The van der Waals surface area contributed by atoms with Gasteiger partial charge in [-0.15, -0.1) is 22.7 Å². The Labute approximate surface area is 157 Å². The molecule has 2 heterocycles. The molecule has 0 aliphatic rings. The molecule has 0 aliphatic heterocycles. The monoisotopic (exact) mass is 389 g/mol. The number of ether oxygens (including phenoxy) is 1. The van der Waals surface area contributed by atoms with Crippen LogP contribution in [0.2, 0.25) is 0 Å². The maximum Gasteiger partial charge on any atom is 0.280 e. The van der Waals surface area contributed by atoms with Gasteiger partial charge in [-0.25, -0.2) is 4.98 Å². The van der Waals surface area contributed by atoms with Crippen LogP contribution in [-0.4, -0.2) is 22.9 Å². The van der Waals surface area contributed by atoms with Crippen LogP contribution in [0.5, 0.6) is 5.75 Å². The minimum Gasteiger partial charge on any atom is -0.496 e. The van der Waals surface area contributed by atoms with Crippen LogP contribution in [0.3, 0.4) is 0 Å². The number of hydrogen-bond acceptors (Lipinski definition) is 7. The summed E-state index contributed by atoms with van der Waals surface area (Å²) in [6.45, 7) is 1.92. The van der Waals surface area contributed by atoms with Crippen LogP contribution >= 0.6 is 22.7 Å². The highest BCUT2D eigenvalue weighted by atomic mass is 32.1. The van der Waals surface area contributed by atoms with E-state index in [9.17, 15) is 14.9 Å². The number of methoxy groups -OCH3 is 1. The van der Waals surface area contributed by atoms with E-state index in [0.29, 0.717) is 15.7 Å². The number of rotatable bonds is 6. The van der Waals surface area contributed by atoms with Gasteiger partial charge in [-0.2, -0.15) is 0 Å². The number of aryl methyl sites for hydroxylation is 1. The number of nitro groups is 1. The van der Waals surface area contributed by atoms with Gasteiger partial charge < -0.3 is 10.1 Å². The summed E-state index contributed by atoms with van der Waals surface area (Å²) in [6.07, 6.45) is 0.226. The standard InChI is InChI=1S/C17H15N3O4S2/c1-10-5-11(3-4-14(10)24-2)6-16(21)19-17-18-13(9-26-17)15-7-12(8-25-15)20(22)23/h3-5,7-9H,6H2,1-2H3,(H,18,19,21). The Bertz CT molecular complexity index is 965. The second kappa shape index (κ2) is 7.63. The Morgan fingerprint density at radius 3 is 2.77 bits per heavy atom. The van der Waals surface area contributed by atoms with E-state index in [-0.39, 0.29) is 18.0 Å². The predicted octanol–water partition coefficient (Wildman–Crippen LogP) is 4.28. The number of amides is 1. The summed E-state index contributed by atoms with van der Waals surface area (Å²) < 4.78 is 5.21. The third-order valence-corrected chi connectivity index (χ3v) is 5.32. The molecule has 0 aliphatic carbocycles. The van der Waals surface area contributed by atoms with Gasteiger partial charge in [0.1, 0.15) is 5.75 Å². The van der Waals surface area contributed by atoms with E-state index in [1.54, 1.807) is 12.5 Å². The Morgan fingerprint density at radius 1 is 1.31 bits per heavy atom. The number of aromatic nitrogens is 1. The topological polar surface area (TPSA) is 94.4 Å². The molecule has 0 atom stereocenters. The average Bonchev–Trinajstić information content (AvgIpc) is 3.24. The van der Waals surface area contributed by atoms with E-state index in [1.165, 1.54) is 34.1 Å². The summed E-state index contributed by atoms with van der Waals surface area (Å²) in [4.78, 5) is 27.6. The van der Waals surface area contributed by atoms with Crippen LogP contribution in [0.25, 0.3) is 10.6 Å². The molecule has 0 spiro atoms. The van der Waals surface area contributed by atoms with Crippen LogP contribution in [0, 0.1) is 17.0 Å². The number of nitrogens with one attached hydrogen (secondary N) is 1. The molecule has 0 fully saturated rings. The van der Waals surface area contributed by atoms with Gasteiger partial charge in [0.25, 0.3) is 5.69 Å². The molecule has 3 rings (SSSR count). The van der Waals surface area contributed by atoms with Crippen LogP contribution < -0.4 is 10.1 Å². The molecule has 9 heteroatoms. The lowest BCUT2D eigenvalue weighted by Gasteiger charge is -2.07. The Morgan fingerprint density at radius 2 is 2.12 bits per heavy atom. The van der Waals surface area contributed by atoms with E-state index in [0.717, 1.165) is 16.9 Å². The van der Waals surface area contributed by atoms with Crippen LogP contribution in [0.15, 0.2) is 35.0 Å². The summed E-state index contributed by atoms with van der Waals surface area (Å²) >= 11 is 2.53. The number of thiophene rings is 1. The van der Waals surface area contributed by atoms with Gasteiger partial charge in [0.05, 0.1) is 34.4 Å². The molecule has 0 bridgehead atoms. The summed E-state index contributed by atoms with van der Waals surface area (Å²) in [5, 5.41) is 17.2. The highest BCUT2D eigenvalue weighted by molar-refractivity contribution is 7.16. The number of benzene rings is 1. The van der Waals surface area contributed by atoms with Gasteiger partial charge in [-0.1, -0.05) is 12.1 Å². The van der Waals surface area contributed by atoms with Gasteiger partial charge in [-0.3, -0.25) is 14.9 Å². The first-order chi connectivity index (χ1) is 12.5. The van der Waals surface area contributed by atoms with E-state index in [4.69, 9.17) is 4.74 Å². The van der Waals surface area contributed by atoms with Gasteiger partial charge in [0.15, 0.2) is 5.13 Å². The van der Waals surface area contributed by atoms with Crippen molar-refractivity contribution in [3.05, 3.63) is 56.3 Å². The van der Waals surface area contributed by atoms with Crippen LogP contribution in [0.4, 0.5) is 10.8 Å². The molecule has 26 heavy (non-hydrogen) atoms. The molecule has 2 aromatic heterocycles. The normalized spacial score (nSPS) is 10.5. The zero-order chi connectivity index (χ0) is 18.7. The fraction of sp³-hybridized carbons (Fsp3) is 0.176. The number of thiazole rings is 1. The number of carbonyl (C=O) groups excluding carboxylic acids is 1. The highest BCUT2D eigenvalue weighted by Gasteiger charge is 2.14. The molecule has 0 saturated heterocycles. The maximum atomic E-state index is 12.2. The molecule has 7 nitrogen and oxygen atoms in total. The largest absolute Gasteiger partial charge is 0.496 e. The van der Waals surface area contributed by atoms with Gasteiger partial charge >= 0.3 is 0 Å². The fourth-order valence-electron chi connectivity index (χ4n) is 2.40. The molecular weight excluding hydrogens is 374 g/mol. The average molecular weight is 389 g/mol. The number of carbonyl (C=O) groups is 1. The van der Waals surface area contributed by atoms with Crippen molar-refractivity contribution in [1.82, 2.24) is 4.98 Å². The summed E-state index contributed by atoms with van der Waals surface area (Å²) in [6, 6.07) is 7.08. The van der Waals surface area contributed by atoms with Crippen molar-refractivity contribution in [3.63, 3.8) is 0 Å².